The molecule has 1 rings (SSSR count). The van der Waals surface area contributed by atoms with Crippen molar-refractivity contribution in [2.45, 2.75) is 38.8 Å². The van der Waals surface area contributed by atoms with Crippen molar-refractivity contribution in [3.05, 3.63) is 12.2 Å². The minimum Gasteiger partial charge on any atom is -0.459 e. The molecule has 1 N–H and O–H groups in total. The maximum atomic E-state index is 11.5. The van der Waals surface area contributed by atoms with Crippen LogP contribution in [-0.4, -0.2) is 24.2 Å². The van der Waals surface area contributed by atoms with Crippen LogP contribution in [0.25, 0.3) is 0 Å². The number of hydrogen-bond donors (Lipinski definition) is 1. The topological polar surface area (TPSA) is 38.3 Å². The van der Waals surface area contributed by atoms with Crippen LogP contribution < -0.4 is 5.32 Å². The highest BCUT2D eigenvalue weighted by Crippen LogP contribution is 2.10. The normalized spacial score (nSPS) is 22.8. The van der Waals surface area contributed by atoms with Crippen LogP contribution >= 0.6 is 0 Å². The second-order valence-electron chi connectivity index (χ2n) is 4.20. The summed E-state index contributed by atoms with van der Waals surface area (Å²) in [5.74, 6) is -0.156. The molecule has 0 amide bonds. The second-order valence-corrected chi connectivity index (χ2v) is 4.20. The fourth-order valence-corrected chi connectivity index (χ4v) is 1.16. The van der Waals surface area contributed by atoms with Gasteiger partial charge in [0.05, 0.1) is 0 Å². The average molecular weight is 183 g/mol. The predicted octanol–water partition coefficient (Wildman–Crippen LogP) is 1.25. The van der Waals surface area contributed by atoms with E-state index < -0.39 is 0 Å². The summed E-state index contributed by atoms with van der Waals surface area (Å²) in [6.45, 7) is 6.39. The SMILES string of the molecule is CC(C)(C)OC(=O)C1CC=CCN1. The smallest absolute Gasteiger partial charge is 0.323 e. The fourth-order valence-electron chi connectivity index (χ4n) is 1.16. The fraction of sp³-hybridized carbons (Fsp3) is 0.700. The van der Waals surface area contributed by atoms with Gasteiger partial charge in [-0.1, -0.05) is 12.2 Å². The van der Waals surface area contributed by atoms with E-state index in [9.17, 15) is 4.79 Å². The van der Waals surface area contributed by atoms with Crippen molar-refractivity contribution in [2.24, 2.45) is 0 Å². The Kier molecular flexibility index (Phi) is 3.09. The molecule has 1 aliphatic heterocycles. The second kappa shape index (κ2) is 3.92. The third-order valence-corrected chi connectivity index (χ3v) is 1.71. The van der Waals surface area contributed by atoms with Gasteiger partial charge in [0.25, 0.3) is 0 Å². The molecule has 1 atom stereocenters. The van der Waals surface area contributed by atoms with Crippen LogP contribution in [0.15, 0.2) is 12.2 Å². The van der Waals surface area contributed by atoms with E-state index in [1.54, 1.807) is 0 Å². The molecule has 1 unspecified atom stereocenters. The van der Waals surface area contributed by atoms with Gasteiger partial charge in [-0.2, -0.15) is 0 Å². The summed E-state index contributed by atoms with van der Waals surface area (Å²) in [5, 5.41) is 3.08. The highest BCUT2D eigenvalue weighted by molar-refractivity contribution is 5.76. The Hall–Kier alpha value is -0.830. The molecular weight excluding hydrogens is 166 g/mol. The number of hydrogen-bond acceptors (Lipinski definition) is 3. The summed E-state index contributed by atoms with van der Waals surface area (Å²) in [6, 6.07) is -0.163. The Labute approximate surface area is 79.2 Å². The first-order valence-corrected chi connectivity index (χ1v) is 4.60. The largest absolute Gasteiger partial charge is 0.459 e. The van der Waals surface area contributed by atoms with Gasteiger partial charge in [0.2, 0.25) is 0 Å². The van der Waals surface area contributed by atoms with E-state index >= 15 is 0 Å². The van der Waals surface area contributed by atoms with Gasteiger partial charge < -0.3 is 10.1 Å². The minimum atomic E-state index is -0.389. The van der Waals surface area contributed by atoms with E-state index in [0.717, 1.165) is 13.0 Å². The number of rotatable bonds is 1. The maximum absolute atomic E-state index is 11.5. The van der Waals surface area contributed by atoms with Gasteiger partial charge >= 0.3 is 5.97 Å². The number of ether oxygens (including phenoxy) is 1. The first-order chi connectivity index (χ1) is 5.99. The van der Waals surface area contributed by atoms with Gasteiger partial charge in [0.15, 0.2) is 0 Å². The van der Waals surface area contributed by atoms with Crippen molar-refractivity contribution < 1.29 is 9.53 Å². The van der Waals surface area contributed by atoms with E-state index in [1.807, 2.05) is 32.9 Å². The summed E-state index contributed by atoms with van der Waals surface area (Å²) in [7, 11) is 0. The van der Waals surface area contributed by atoms with Crippen LogP contribution in [-0.2, 0) is 9.53 Å². The number of carbonyl (C=O) groups is 1. The van der Waals surface area contributed by atoms with Crippen molar-refractivity contribution in [3.63, 3.8) is 0 Å². The Morgan fingerprint density at radius 2 is 2.15 bits per heavy atom. The van der Waals surface area contributed by atoms with Crippen LogP contribution in [0, 0.1) is 0 Å². The summed E-state index contributed by atoms with van der Waals surface area (Å²) in [4.78, 5) is 11.5. The number of carbonyl (C=O) groups excluding carboxylic acids is 1. The average Bonchev–Trinajstić information content (AvgIpc) is 2.03. The lowest BCUT2D eigenvalue weighted by molar-refractivity contribution is -0.157. The van der Waals surface area contributed by atoms with Gasteiger partial charge in [0.1, 0.15) is 11.6 Å². The quantitative estimate of drug-likeness (QED) is 0.491. The monoisotopic (exact) mass is 183 g/mol. The zero-order valence-corrected chi connectivity index (χ0v) is 8.46. The summed E-state index contributed by atoms with van der Waals surface area (Å²) >= 11 is 0. The highest BCUT2D eigenvalue weighted by Gasteiger charge is 2.24. The molecule has 1 heterocycles. The molecular formula is C10H17NO2. The Morgan fingerprint density at radius 3 is 2.62 bits per heavy atom. The number of esters is 1. The first-order valence-electron chi connectivity index (χ1n) is 4.60. The molecule has 0 bridgehead atoms. The Bertz CT molecular complexity index is 215. The molecule has 1 aliphatic rings. The van der Waals surface area contributed by atoms with E-state index in [2.05, 4.69) is 5.32 Å². The molecule has 0 radical (unpaired) electrons. The molecule has 0 aliphatic carbocycles. The maximum Gasteiger partial charge on any atom is 0.323 e. The van der Waals surface area contributed by atoms with Crippen LogP contribution in [0.5, 0.6) is 0 Å². The van der Waals surface area contributed by atoms with E-state index in [-0.39, 0.29) is 17.6 Å². The summed E-state index contributed by atoms with van der Waals surface area (Å²) in [6.07, 6.45) is 4.75. The van der Waals surface area contributed by atoms with E-state index in [4.69, 9.17) is 4.74 Å². The standard InChI is InChI=1S/C10H17NO2/c1-10(2,3)13-9(12)8-6-4-5-7-11-8/h4-5,8,11H,6-7H2,1-3H3. The van der Waals surface area contributed by atoms with Crippen LogP contribution in [0.3, 0.4) is 0 Å². The predicted molar refractivity (Wildman–Crippen MR) is 51.4 cm³/mol. The van der Waals surface area contributed by atoms with Crippen molar-refractivity contribution in [1.29, 1.82) is 0 Å². The third kappa shape index (κ3) is 3.59. The lowest BCUT2D eigenvalue weighted by atomic mass is 10.1. The highest BCUT2D eigenvalue weighted by atomic mass is 16.6. The Morgan fingerprint density at radius 1 is 1.46 bits per heavy atom. The van der Waals surface area contributed by atoms with E-state index in [0.29, 0.717) is 0 Å². The van der Waals surface area contributed by atoms with Crippen LogP contribution in [0.4, 0.5) is 0 Å². The van der Waals surface area contributed by atoms with E-state index in [1.165, 1.54) is 0 Å². The molecule has 0 fully saturated rings. The molecule has 3 nitrogen and oxygen atoms in total. The minimum absolute atomic E-state index is 0.156. The van der Waals surface area contributed by atoms with Crippen LogP contribution in [0.2, 0.25) is 0 Å². The van der Waals surface area contributed by atoms with Crippen LogP contribution in [0.1, 0.15) is 27.2 Å². The first kappa shape index (κ1) is 10.3. The molecule has 13 heavy (non-hydrogen) atoms. The molecule has 0 saturated heterocycles. The summed E-state index contributed by atoms with van der Waals surface area (Å²) < 4.78 is 5.24. The van der Waals surface area contributed by atoms with Gasteiger partial charge in [-0.05, 0) is 27.2 Å². The molecule has 0 aromatic heterocycles. The molecule has 0 spiro atoms. The zero-order chi connectivity index (χ0) is 9.90. The van der Waals surface area contributed by atoms with Crippen molar-refractivity contribution in [3.8, 4) is 0 Å². The summed E-state index contributed by atoms with van der Waals surface area (Å²) in [5.41, 5.74) is -0.389. The molecule has 0 aromatic carbocycles. The Balaban J connectivity index is 2.43. The lowest BCUT2D eigenvalue weighted by Crippen LogP contribution is -2.42. The number of nitrogens with one attached hydrogen (secondary N) is 1. The molecule has 74 valence electrons. The van der Waals surface area contributed by atoms with Crippen molar-refractivity contribution in [2.75, 3.05) is 6.54 Å². The zero-order valence-electron chi connectivity index (χ0n) is 8.46. The van der Waals surface area contributed by atoms with Gasteiger partial charge in [-0.3, -0.25) is 4.79 Å². The third-order valence-electron chi connectivity index (χ3n) is 1.71. The van der Waals surface area contributed by atoms with Gasteiger partial charge in [0, 0.05) is 6.54 Å². The van der Waals surface area contributed by atoms with Crippen molar-refractivity contribution in [1.82, 2.24) is 5.32 Å². The van der Waals surface area contributed by atoms with Gasteiger partial charge in [-0.25, -0.2) is 0 Å². The molecule has 3 heteroatoms. The lowest BCUT2D eigenvalue weighted by Gasteiger charge is -2.25. The van der Waals surface area contributed by atoms with Gasteiger partial charge in [-0.15, -0.1) is 0 Å². The van der Waals surface area contributed by atoms with Crippen molar-refractivity contribution >= 4 is 5.97 Å². The molecule has 0 saturated carbocycles. The molecule has 0 aromatic rings.